The molecule has 1 atom stereocenters. The van der Waals surface area contributed by atoms with Crippen LogP contribution in [0.4, 0.5) is 0 Å². The molecular formula is C10H14O. The lowest BCUT2D eigenvalue weighted by molar-refractivity contribution is -0.124. The molecule has 11 heavy (non-hydrogen) atoms. The summed E-state index contributed by atoms with van der Waals surface area (Å²) >= 11 is 0. The molecule has 0 radical (unpaired) electrons. The van der Waals surface area contributed by atoms with Gasteiger partial charge in [-0.05, 0) is 39.0 Å². The maximum atomic E-state index is 11.4. The number of ketones is 1. The van der Waals surface area contributed by atoms with Crippen molar-refractivity contribution in [3.05, 3.63) is 11.6 Å². The Morgan fingerprint density at radius 2 is 2.36 bits per heavy atom. The maximum Gasteiger partial charge on any atom is 0.140 e. The summed E-state index contributed by atoms with van der Waals surface area (Å²) in [4.78, 5) is 11.4. The summed E-state index contributed by atoms with van der Waals surface area (Å²) in [6, 6.07) is 0. The second-order valence-electron chi connectivity index (χ2n) is 3.76. The van der Waals surface area contributed by atoms with Crippen LogP contribution < -0.4 is 0 Å². The Morgan fingerprint density at radius 1 is 1.55 bits per heavy atom. The lowest BCUT2D eigenvalue weighted by Gasteiger charge is -2.22. The summed E-state index contributed by atoms with van der Waals surface area (Å²) in [6.45, 7) is 1.75. The van der Waals surface area contributed by atoms with Crippen molar-refractivity contribution in [1.82, 2.24) is 0 Å². The molecule has 0 aromatic heterocycles. The first-order chi connectivity index (χ1) is 5.26. The molecule has 1 nitrogen and oxygen atoms in total. The first kappa shape index (κ1) is 7.08. The SMILES string of the molecule is CC(=O)C12CCC=C1CCC2. The summed E-state index contributed by atoms with van der Waals surface area (Å²) in [7, 11) is 0. The molecule has 0 spiro atoms. The first-order valence-corrected chi connectivity index (χ1v) is 4.46. The quantitative estimate of drug-likeness (QED) is 0.525. The smallest absolute Gasteiger partial charge is 0.140 e. The van der Waals surface area contributed by atoms with Gasteiger partial charge in [-0.15, -0.1) is 0 Å². The van der Waals surface area contributed by atoms with Gasteiger partial charge in [0.2, 0.25) is 0 Å². The van der Waals surface area contributed by atoms with Gasteiger partial charge in [0.05, 0.1) is 0 Å². The second kappa shape index (κ2) is 2.20. The molecule has 0 bridgehead atoms. The predicted molar refractivity (Wildman–Crippen MR) is 44.3 cm³/mol. The molecule has 1 unspecified atom stereocenters. The van der Waals surface area contributed by atoms with Crippen molar-refractivity contribution < 1.29 is 4.79 Å². The molecule has 0 aliphatic heterocycles. The highest BCUT2D eigenvalue weighted by atomic mass is 16.1. The van der Waals surface area contributed by atoms with Gasteiger partial charge in [0.1, 0.15) is 5.78 Å². The van der Waals surface area contributed by atoms with E-state index in [0.717, 1.165) is 19.3 Å². The van der Waals surface area contributed by atoms with Crippen LogP contribution in [0.1, 0.15) is 39.0 Å². The van der Waals surface area contributed by atoms with Crippen LogP contribution in [-0.4, -0.2) is 5.78 Å². The van der Waals surface area contributed by atoms with Crippen molar-refractivity contribution in [2.75, 3.05) is 0 Å². The van der Waals surface area contributed by atoms with Crippen LogP contribution >= 0.6 is 0 Å². The van der Waals surface area contributed by atoms with Gasteiger partial charge in [0.15, 0.2) is 0 Å². The third-order valence-corrected chi connectivity index (χ3v) is 3.30. The molecule has 1 heteroatoms. The van der Waals surface area contributed by atoms with Gasteiger partial charge in [-0.1, -0.05) is 11.6 Å². The van der Waals surface area contributed by atoms with E-state index in [1.54, 1.807) is 6.92 Å². The Labute approximate surface area is 67.5 Å². The molecule has 0 heterocycles. The minimum Gasteiger partial charge on any atom is -0.299 e. The lowest BCUT2D eigenvalue weighted by atomic mass is 9.79. The fraction of sp³-hybridized carbons (Fsp3) is 0.700. The Hall–Kier alpha value is -0.590. The molecule has 0 saturated heterocycles. The van der Waals surface area contributed by atoms with E-state index in [-0.39, 0.29) is 5.41 Å². The monoisotopic (exact) mass is 150 g/mol. The normalized spacial score (nSPS) is 35.2. The summed E-state index contributed by atoms with van der Waals surface area (Å²) in [5, 5.41) is 0. The number of hydrogen-bond acceptors (Lipinski definition) is 1. The van der Waals surface area contributed by atoms with Crippen LogP contribution in [-0.2, 0) is 4.79 Å². The van der Waals surface area contributed by atoms with Crippen LogP contribution in [0, 0.1) is 5.41 Å². The van der Waals surface area contributed by atoms with Crippen molar-refractivity contribution in [1.29, 1.82) is 0 Å². The molecule has 0 N–H and O–H groups in total. The van der Waals surface area contributed by atoms with E-state index >= 15 is 0 Å². The van der Waals surface area contributed by atoms with E-state index in [2.05, 4.69) is 6.08 Å². The van der Waals surface area contributed by atoms with Crippen LogP contribution in [0.3, 0.4) is 0 Å². The molecule has 0 amide bonds. The minimum absolute atomic E-state index is 0.0278. The Kier molecular flexibility index (Phi) is 1.41. The van der Waals surface area contributed by atoms with Crippen LogP contribution in [0.2, 0.25) is 0 Å². The third kappa shape index (κ3) is 0.800. The molecule has 1 fully saturated rings. The van der Waals surface area contributed by atoms with Gasteiger partial charge in [-0.2, -0.15) is 0 Å². The van der Waals surface area contributed by atoms with E-state index in [4.69, 9.17) is 0 Å². The Balaban J connectivity index is 2.37. The number of allylic oxidation sites excluding steroid dienone is 2. The Morgan fingerprint density at radius 3 is 3.00 bits per heavy atom. The molecule has 0 aromatic rings. The number of rotatable bonds is 1. The van der Waals surface area contributed by atoms with Gasteiger partial charge < -0.3 is 0 Å². The highest BCUT2D eigenvalue weighted by Gasteiger charge is 2.44. The van der Waals surface area contributed by atoms with Crippen LogP contribution in [0.5, 0.6) is 0 Å². The molecular weight excluding hydrogens is 136 g/mol. The highest BCUT2D eigenvalue weighted by Crippen LogP contribution is 2.51. The van der Waals surface area contributed by atoms with Gasteiger partial charge in [-0.25, -0.2) is 0 Å². The number of hydrogen-bond donors (Lipinski definition) is 0. The standard InChI is InChI=1S/C10H14O/c1-8(11)10-6-2-4-9(10)5-3-7-10/h4H,2-3,5-7H2,1H3. The molecule has 0 aromatic carbocycles. The largest absolute Gasteiger partial charge is 0.299 e. The number of carbonyl (C=O) groups excluding carboxylic acids is 1. The van der Waals surface area contributed by atoms with E-state index in [1.165, 1.54) is 18.4 Å². The topological polar surface area (TPSA) is 17.1 Å². The molecule has 60 valence electrons. The van der Waals surface area contributed by atoms with Gasteiger partial charge in [0.25, 0.3) is 0 Å². The van der Waals surface area contributed by atoms with Crippen LogP contribution in [0.15, 0.2) is 11.6 Å². The lowest BCUT2D eigenvalue weighted by Crippen LogP contribution is -2.24. The van der Waals surface area contributed by atoms with Crippen molar-refractivity contribution in [2.24, 2.45) is 5.41 Å². The van der Waals surface area contributed by atoms with E-state index in [1.807, 2.05) is 0 Å². The maximum absolute atomic E-state index is 11.4. The van der Waals surface area contributed by atoms with E-state index in [9.17, 15) is 4.79 Å². The summed E-state index contributed by atoms with van der Waals surface area (Å²) in [5.41, 5.74) is 1.48. The zero-order chi connectivity index (χ0) is 7.90. The second-order valence-corrected chi connectivity index (χ2v) is 3.76. The van der Waals surface area contributed by atoms with Crippen LogP contribution in [0.25, 0.3) is 0 Å². The summed E-state index contributed by atoms with van der Waals surface area (Å²) < 4.78 is 0. The zero-order valence-corrected chi connectivity index (χ0v) is 7.02. The minimum atomic E-state index is 0.0278. The molecule has 2 rings (SSSR count). The first-order valence-electron chi connectivity index (χ1n) is 4.46. The fourth-order valence-corrected chi connectivity index (χ4v) is 2.63. The number of Topliss-reactive ketones (excluding diaryl/α,β-unsaturated/α-hetero) is 1. The molecule has 2 aliphatic carbocycles. The number of fused-ring (bicyclic) bond motifs is 1. The fourth-order valence-electron chi connectivity index (χ4n) is 2.63. The van der Waals surface area contributed by atoms with Crippen molar-refractivity contribution in [2.45, 2.75) is 39.0 Å². The van der Waals surface area contributed by atoms with Crippen molar-refractivity contribution in [3.63, 3.8) is 0 Å². The predicted octanol–water partition coefficient (Wildman–Crippen LogP) is 2.47. The Bertz CT molecular complexity index is 227. The molecule has 1 saturated carbocycles. The van der Waals surface area contributed by atoms with E-state index < -0.39 is 0 Å². The molecule has 2 aliphatic rings. The van der Waals surface area contributed by atoms with Gasteiger partial charge in [-0.3, -0.25) is 4.79 Å². The average Bonchev–Trinajstić information content (AvgIpc) is 2.40. The highest BCUT2D eigenvalue weighted by molar-refractivity contribution is 5.86. The summed E-state index contributed by atoms with van der Waals surface area (Å²) in [5.74, 6) is 0.402. The number of carbonyl (C=O) groups is 1. The summed E-state index contributed by atoms with van der Waals surface area (Å²) in [6.07, 6.45) is 8.04. The van der Waals surface area contributed by atoms with Crippen molar-refractivity contribution >= 4 is 5.78 Å². The zero-order valence-electron chi connectivity index (χ0n) is 7.02. The third-order valence-electron chi connectivity index (χ3n) is 3.30. The van der Waals surface area contributed by atoms with Crippen molar-refractivity contribution in [3.8, 4) is 0 Å². The van der Waals surface area contributed by atoms with Gasteiger partial charge in [0, 0.05) is 5.41 Å². The average molecular weight is 150 g/mol. The van der Waals surface area contributed by atoms with E-state index in [0.29, 0.717) is 5.78 Å². The van der Waals surface area contributed by atoms with Gasteiger partial charge >= 0.3 is 0 Å².